The van der Waals surface area contributed by atoms with Crippen molar-refractivity contribution in [2.24, 2.45) is 0 Å². The SMILES string of the molecule is Cc1cccc(-c2nnc(SCC#N)n2Cc2ccco2)c1. The fourth-order valence-corrected chi connectivity index (χ4v) is 2.79. The van der Waals surface area contributed by atoms with E-state index in [1.165, 1.54) is 11.8 Å². The van der Waals surface area contributed by atoms with Crippen molar-refractivity contribution in [3.05, 3.63) is 54.0 Å². The largest absolute Gasteiger partial charge is 0.467 e. The Morgan fingerprint density at radius 3 is 2.91 bits per heavy atom. The average Bonchev–Trinajstić information content (AvgIpc) is 3.16. The zero-order valence-electron chi connectivity index (χ0n) is 12.1. The summed E-state index contributed by atoms with van der Waals surface area (Å²) < 4.78 is 7.41. The zero-order chi connectivity index (χ0) is 15.4. The molecule has 3 aromatic rings. The quantitative estimate of drug-likeness (QED) is 0.675. The summed E-state index contributed by atoms with van der Waals surface area (Å²) in [4.78, 5) is 0. The minimum atomic E-state index is 0.337. The van der Waals surface area contributed by atoms with Crippen LogP contribution in [0.2, 0.25) is 0 Å². The summed E-state index contributed by atoms with van der Waals surface area (Å²) in [5.41, 5.74) is 2.17. The molecule has 6 heteroatoms. The van der Waals surface area contributed by atoms with Crippen LogP contribution in [0.1, 0.15) is 11.3 Å². The summed E-state index contributed by atoms with van der Waals surface area (Å²) in [7, 11) is 0. The summed E-state index contributed by atoms with van der Waals surface area (Å²) >= 11 is 1.38. The van der Waals surface area contributed by atoms with Gasteiger partial charge in [0.2, 0.25) is 0 Å². The molecule has 0 amide bonds. The van der Waals surface area contributed by atoms with E-state index in [1.807, 2.05) is 41.8 Å². The molecule has 0 fully saturated rings. The molecule has 0 saturated heterocycles. The number of hydrogen-bond acceptors (Lipinski definition) is 5. The Morgan fingerprint density at radius 1 is 1.27 bits per heavy atom. The van der Waals surface area contributed by atoms with Crippen LogP contribution in [0, 0.1) is 18.3 Å². The highest BCUT2D eigenvalue weighted by molar-refractivity contribution is 7.99. The molecule has 0 bridgehead atoms. The monoisotopic (exact) mass is 310 g/mol. The summed E-state index contributed by atoms with van der Waals surface area (Å²) in [6, 6.07) is 14.0. The lowest BCUT2D eigenvalue weighted by Gasteiger charge is -2.08. The Labute approximate surface area is 132 Å². The van der Waals surface area contributed by atoms with Crippen LogP contribution in [0.4, 0.5) is 0 Å². The van der Waals surface area contributed by atoms with Crippen LogP contribution in [0.15, 0.2) is 52.2 Å². The van der Waals surface area contributed by atoms with Crippen LogP contribution < -0.4 is 0 Å². The number of aryl methyl sites for hydroxylation is 1. The predicted octanol–water partition coefficient (Wildman–Crippen LogP) is 3.51. The summed E-state index contributed by atoms with van der Waals surface area (Å²) in [6.07, 6.45) is 1.65. The second kappa shape index (κ2) is 6.50. The van der Waals surface area contributed by atoms with E-state index in [9.17, 15) is 0 Å². The van der Waals surface area contributed by atoms with Crippen LogP contribution in [-0.4, -0.2) is 20.5 Å². The zero-order valence-corrected chi connectivity index (χ0v) is 12.9. The molecule has 0 radical (unpaired) electrons. The van der Waals surface area contributed by atoms with Crippen LogP contribution in [0.25, 0.3) is 11.4 Å². The third kappa shape index (κ3) is 3.05. The van der Waals surface area contributed by atoms with E-state index in [4.69, 9.17) is 9.68 Å². The minimum absolute atomic E-state index is 0.337. The lowest BCUT2D eigenvalue weighted by molar-refractivity contribution is 0.485. The van der Waals surface area contributed by atoms with Crippen molar-refractivity contribution >= 4 is 11.8 Å². The van der Waals surface area contributed by atoms with E-state index in [0.717, 1.165) is 27.9 Å². The summed E-state index contributed by atoms with van der Waals surface area (Å²) in [5.74, 6) is 1.94. The van der Waals surface area contributed by atoms with Gasteiger partial charge in [0.1, 0.15) is 5.76 Å². The van der Waals surface area contributed by atoms with Crippen LogP contribution in [0.5, 0.6) is 0 Å². The van der Waals surface area contributed by atoms with Crippen molar-refractivity contribution in [1.29, 1.82) is 5.26 Å². The number of hydrogen-bond donors (Lipinski definition) is 0. The molecule has 1 aromatic carbocycles. The molecular weight excluding hydrogens is 296 g/mol. The van der Waals surface area contributed by atoms with E-state index < -0.39 is 0 Å². The van der Waals surface area contributed by atoms with Gasteiger partial charge in [0.05, 0.1) is 24.6 Å². The smallest absolute Gasteiger partial charge is 0.192 e. The summed E-state index contributed by atoms with van der Waals surface area (Å²) in [6.45, 7) is 2.58. The van der Waals surface area contributed by atoms with E-state index >= 15 is 0 Å². The highest BCUT2D eigenvalue weighted by Crippen LogP contribution is 2.25. The number of thioether (sulfide) groups is 1. The second-order valence-electron chi connectivity index (χ2n) is 4.79. The molecule has 5 nitrogen and oxygen atoms in total. The normalized spacial score (nSPS) is 10.5. The molecule has 0 atom stereocenters. The first kappa shape index (κ1) is 14.4. The third-order valence-corrected chi connectivity index (χ3v) is 3.99. The lowest BCUT2D eigenvalue weighted by Crippen LogP contribution is -2.03. The Balaban J connectivity index is 2.02. The number of benzene rings is 1. The number of nitriles is 1. The van der Waals surface area contributed by atoms with Crippen molar-refractivity contribution in [3.63, 3.8) is 0 Å². The van der Waals surface area contributed by atoms with Gasteiger partial charge >= 0.3 is 0 Å². The van der Waals surface area contributed by atoms with Crippen LogP contribution >= 0.6 is 11.8 Å². The maximum absolute atomic E-state index is 8.79. The number of rotatable bonds is 5. The van der Waals surface area contributed by atoms with E-state index in [1.54, 1.807) is 6.26 Å². The van der Waals surface area contributed by atoms with Gasteiger partial charge in [-0.25, -0.2) is 0 Å². The van der Waals surface area contributed by atoms with Gasteiger partial charge in [0.15, 0.2) is 11.0 Å². The molecule has 0 aliphatic rings. The first-order valence-electron chi connectivity index (χ1n) is 6.80. The van der Waals surface area contributed by atoms with Gasteiger partial charge in [0, 0.05) is 5.56 Å². The number of furan rings is 1. The summed E-state index contributed by atoms with van der Waals surface area (Å²) in [5, 5.41) is 18.0. The second-order valence-corrected chi connectivity index (χ2v) is 5.73. The molecule has 0 unspecified atom stereocenters. The van der Waals surface area contributed by atoms with Crippen molar-refractivity contribution in [2.45, 2.75) is 18.6 Å². The van der Waals surface area contributed by atoms with Gasteiger partial charge < -0.3 is 4.42 Å². The molecule has 0 N–H and O–H groups in total. The first-order chi connectivity index (χ1) is 10.8. The topological polar surface area (TPSA) is 67.6 Å². The number of aromatic nitrogens is 3. The van der Waals surface area contributed by atoms with Gasteiger partial charge in [-0.1, -0.05) is 35.5 Å². The van der Waals surface area contributed by atoms with Crippen molar-refractivity contribution in [2.75, 3.05) is 5.75 Å². The van der Waals surface area contributed by atoms with E-state index in [2.05, 4.69) is 22.3 Å². The minimum Gasteiger partial charge on any atom is -0.467 e. The maximum Gasteiger partial charge on any atom is 0.192 e. The highest BCUT2D eigenvalue weighted by atomic mass is 32.2. The Kier molecular flexibility index (Phi) is 4.26. The van der Waals surface area contributed by atoms with Gasteiger partial charge in [-0.2, -0.15) is 5.26 Å². The third-order valence-electron chi connectivity index (χ3n) is 3.15. The number of nitrogens with zero attached hydrogens (tertiary/aromatic N) is 4. The van der Waals surface area contributed by atoms with Crippen molar-refractivity contribution in [3.8, 4) is 17.5 Å². The first-order valence-corrected chi connectivity index (χ1v) is 7.79. The fraction of sp³-hybridized carbons (Fsp3) is 0.188. The molecule has 2 aromatic heterocycles. The highest BCUT2D eigenvalue weighted by Gasteiger charge is 2.15. The van der Waals surface area contributed by atoms with Gasteiger partial charge in [0.25, 0.3) is 0 Å². The van der Waals surface area contributed by atoms with Crippen LogP contribution in [-0.2, 0) is 6.54 Å². The molecule has 3 rings (SSSR count). The molecule has 0 aliphatic carbocycles. The lowest BCUT2D eigenvalue weighted by atomic mass is 10.1. The van der Waals surface area contributed by atoms with Crippen LogP contribution in [0.3, 0.4) is 0 Å². The molecule has 0 saturated carbocycles. The Bertz CT molecular complexity index is 802. The predicted molar refractivity (Wildman–Crippen MR) is 84.3 cm³/mol. The molecule has 0 spiro atoms. The van der Waals surface area contributed by atoms with Crippen molar-refractivity contribution in [1.82, 2.24) is 14.8 Å². The molecule has 0 aliphatic heterocycles. The standard InChI is InChI=1S/C16H14N4OS/c1-12-4-2-5-13(10-12)15-18-19-16(22-9-7-17)20(15)11-14-6-3-8-21-14/h2-6,8,10H,9,11H2,1H3. The van der Waals surface area contributed by atoms with Gasteiger partial charge in [-0.15, -0.1) is 10.2 Å². The van der Waals surface area contributed by atoms with Crippen molar-refractivity contribution < 1.29 is 4.42 Å². The molecular formula is C16H14N4OS. The Hall–Kier alpha value is -2.52. The maximum atomic E-state index is 8.79. The van der Waals surface area contributed by atoms with E-state index in [0.29, 0.717) is 12.3 Å². The van der Waals surface area contributed by atoms with E-state index in [-0.39, 0.29) is 0 Å². The molecule has 2 heterocycles. The van der Waals surface area contributed by atoms with Gasteiger partial charge in [-0.3, -0.25) is 4.57 Å². The molecule has 110 valence electrons. The van der Waals surface area contributed by atoms with Gasteiger partial charge in [-0.05, 0) is 25.1 Å². The molecule has 22 heavy (non-hydrogen) atoms. The average molecular weight is 310 g/mol. The fourth-order valence-electron chi connectivity index (χ4n) is 2.19. The Morgan fingerprint density at radius 2 is 2.18 bits per heavy atom.